The quantitative estimate of drug-likeness (QED) is 0.587. The third-order valence-corrected chi connectivity index (χ3v) is 3.92. The molecule has 8 heteroatoms. The van der Waals surface area contributed by atoms with Gasteiger partial charge in [0.25, 0.3) is 0 Å². The molecule has 0 aliphatic rings. The molecule has 0 unspecified atom stereocenters. The lowest BCUT2D eigenvalue weighted by atomic mass is 10.3. The first kappa shape index (κ1) is 15.9. The normalized spacial score (nSPS) is 10.6. The van der Waals surface area contributed by atoms with Crippen LogP contribution in [0, 0.1) is 0 Å². The summed E-state index contributed by atoms with van der Waals surface area (Å²) in [6.45, 7) is 0. The fraction of sp³-hybridized carbons (Fsp3) is 0.0667. The van der Waals surface area contributed by atoms with Crippen LogP contribution in [0.25, 0.3) is 11.0 Å². The van der Waals surface area contributed by atoms with E-state index in [0.29, 0.717) is 32.5 Å². The van der Waals surface area contributed by atoms with E-state index in [0.717, 1.165) is 11.0 Å². The van der Waals surface area contributed by atoms with Gasteiger partial charge in [0.05, 0.1) is 33.9 Å². The lowest BCUT2D eigenvalue weighted by molar-refractivity contribution is 0.415. The van der Waals surface area contributed by atoms with Gasteiger partial charge in [0.2, 0.25) is 5.95 Å². The topological polar surface area (TPSA) is 62.0 Å². The van der Waals surface area contributed by atoms with Gasteiger partial charge in [-0.15, -0.1) is 0 Å². The zero-order valence-electron chi connectivity index (χ0n) is 12.0. The molecule has 5 nitrogen and oxygen atoms in total. The van der Waals surface area contributed by atoms with Crippen LogP contribution in [0.15, 0.2) is 36.4 Å². The molecule has 0 fully saturated rings. The smallest absolute Gasteiger partial charge is 0.207 e. The van der Waals surface area contributed by atoms with Crippen molar-refractivity contribution >= 4 is 63.2 Å². The Balaban J connectivity index is 1.76. The van der Waals surface area contributed by atoms with Crippen molar-refractivity contribution in [2.75, 3.05) is 17.7 Å². The summed E-state index contributed by atoms with van der Waals surface area (Å²) in [7, 11) is 1.53. The minimum Gasteiger partial charge on any atom is -0.495 e. The van der Waals surface area contributed by atoms with Crippen molar-refractivity contribution in [3.63, 3.8) is 0 Å². The van der Waals surface area contributed by atoms with Crippen LogP contribution >= 0.6 is 35.4 Å². The maximum Gasteiger partial charge on any atom is 0.207 e. The first-order valence-electron chi connectivity index (χ1n) is 6.62. The molecule has 0 saturated carbocycles. The number of imidazole rings is 1. The Bertz CT molecular complexity index is 848. The maximum absolute atomic E-state index is 6.16. The van der Waals surface area contributed by atoms with E-state index < -0.39 is 0 Å². The molecule has 3 aromatic rings. The molecule has 3 rings (SSSR count). The summed E-state index contributed by atoms with van der Waals surface area (Å²) in [6, 6.07) is 11.0. The second-order valence-electron chi connectivity index (χ2n) is 4.65. The van der Waals surface area contributed by atoms with Crippen LogP contribution < -0.4 is 15.4 Å². The lowest BCUT2D eigenvalue weighted by Crippen LogP contribution is -2.20. The molecule has 0 atom stereocenters. The van der Waals surface area contributed by atoms with Crippen LogP contribution in [-0.2, 0) is 0 Å². The van der Waals surface area contributed by atoms with Crippen molar-refractivity contribution in [2.24, 2.45) is 0 Å². The predicted octanol–water partition coefficient (Wildman–Crippen LogP) is 4.69. The number of ether oxygens (including phenoxy) is 1. The standard InChI is InChI=1S/C15H12Cl2N4OS/c1-22-13-7-12(8(16)6-9(13)17)20-15(23)21-14-18-10-4-2-3-5-11(10)19-14/h2-7H,1H3,(H3,18,19,20,21,23). The minimum atomic E-state index is 0.343. The summed E-state index contributed by atoms with van der Waals surface area (Å²) >= 11 is 17.4. The number of fused-ring (bicyclic) bond motifs is 1. The summed E-state index contributed by atoms with van der Waals surface area (Å²) in [5.74, 6) is 1.05. The van der Waals surface area contributed by atoms with Gasteiger partial charge in [0, 0.05) is 6.07 Å². The highest BCUT2D eigenvalue weighted by atomic mass is 35.5. The molecular formula is C15H12Cl2N4OS. The van der Waals surface area contributed by atoms with Crippen LogP contribution in [-0.4, -0.2) is 22.2 Å². The first-order chi connectivity index (χ1) is 11.1. The number of aromatic amines is 1. The van der Waals surface area contributed by atoms with Crippen LogP contribution in [0.1, 0.15) is 0 Å². The highest BCUT2D eigenvalue weighted by Crippen LogP contribution is 2.34. The van der Waals surface area contributed by atoms with E-state index in [1.165, 1.54) is 7.11 Å². The van der Waals surface area contributed by atoms with Crippen molar-refractivity contribution in [1.29, 1.82) is 0 Å². The number of halogens is 2. The molecule has 1 aromatic heterocycles. The Kier molecular flexibility index (Phi) is 4.56. The SMILES string of the molecule is COc1cc(NC(=S)Nc2nc3ccccc3[nH]2)c(Cl)cc1Cl. The molecule has 0 aliphatic heterocycles. The van der Waals surface area contributed by atoms with Crippen molar-refractivity contribution in [3.8, 4) is 5.75 Å². The van der Waals surface area contributed by atoms with Crippen molar-refractivity contribution < 1.29 is 4.74 Å². The van der Waals surface area contributed by atoms with E-state index in [4.69, 9.17) is 40.2 Å². The number of hydrogen-bond acceptors (Lipinski definition) is 3. The Morgan fingerprint density at radius 2 is 1.96 bits per heavy atom. The molecule has 23 heavy (non-hydrogen) atoms. The molecule has 0 bridgehead atoms. The zero-order valence-corrected chi connectivity index (χ0v) is 14.3. The molecule has 2 aromatic carbocycles. The fourth-order valence-corrected chi connectivity index (χ4v) is 2.77. The van der Waals surface area contributed by atoms with Gasteiger partial charge in [-0.2, -0.15) is 0 Å². The predicted molar refractivity (Wildman–Crippen MR) is 99.0 cm³/mol. The number of benzene rings is 2. The molecule has 0 spiro atoms. The number of nitrogens with zero attached hydrogens (tertiary/aromatic N) is 1. The number of H-pyrrole nitrogens is 1. The molecule has 0 radical (unpaired) electrons. The van der Waals surface area contributed by atoms with Gasteiger partial charge >= 0.3 is 0 Å². The summed E-state index contributed by atoms with van der Waals surface area (Å²) in [5, 5.41) is 7.18. The van der Waals surface area contributed by atoms with E-state index in [1.807, 2.05) is 24.3 Å². The van der Waals surface area contributed by atoms with Gasteiger partial charge < -0.3 is 20.4 Å². The second-order valence-corrected chi connectivity index (χ2v) is 5.87. The molecule has 0 aliphatic carbocycles. The summed E-state index contributed by atoms with van der Waals surface area (Å²) in [6.07, 6.45) is 0. The lowest BCUT2D eigenvalue weighted by Gasteiger charge is -2.12. The van der Waals surface area contributed by atoms with E-state index >= 15 is 0 Å². The molecule has 0 saturated heterocycles. The molecule has 3 N–H and O–H groups in total. The fourth-order valence-electron chi connectivity index (χ4n) is 2.05. The minimum absolute atomic E-state index is 0.343. The largest absolute Gasteiger partial charge is 0.495 e. The van der Waals surface area contributed by atoms with Crippen molar-refractivity contribution in [2.45, 2.75) is 0 Å². The van der Waals surface area contributed by atoms with E-state index in [9.17, 15) is 0 Å². The summed E-state index contributed by atoms with van der Waals surface area (Å²) < 4.78 is 5.17. The monoisotopic (exact) mass is 366 g/mol. The van der Waals surface area contributed by atoms with Crippen LogP contribution in [0.5, 0.6) is 5.75 Å². The molecule has 1 heterocycles. The first-order valence-corrected chi connectivity index (χ1v) is 7.79. The number of methoxy groups -OCH3 is 1. The molecule has 0 amide bonds. The van der Waals surface area contributed by atoms with Crippen LogP contribution in [0.4, 0.5) is 11.6 Å². The highest BCUT2D eigenvalue weighted by Gasteiger charge is 2.10. The maximum atomic E-state index is 6.16. The van der Waals surface area contributed by atoms with Gasteiger partial charge in [-0.05, 0) is 30.4 Å². The van der Waals surface area contributed by atoms with Gasteiger partial charge in [0.15, 0.2) is 5.11 Å². The van der Waals surface area contributed by atoms with E-state index in [1.54, 1.807) is 12.1 Å². The van der Waals surface area contributed by atoms with E-state index in [2.05, 4.69) is 20.6 Å². The number of hydrogen-bond donors (Lipinski definition) is 3. The van der Waals surface area contributed by atoms with Gasteiger partial charge in [0.1, 0.15) is 5.75 Å². The highest BCUT2D eigenvalue weighted by molar-refractivity contribution is 7.80. The average molecular weight is 367 g/mol. The number of aromatic nitrogens is 2. The summed E-state index contributed by atoms with van der Waals surface area (Å²) in [4.78, 5) is 7.52. The molecular weight excluding hydrogens is 355 g/mol. The zero-order chi connectivity index (χ0) is 16.4. The molecule has 118 valence electrons. The number of anilines is 2. The van der Waals surface area contributed by atoms with Crippen LogP contribution in [0.3, 0.4) is 0 Å². The number of rotatable bonds is 3. The van der Waals surface area contributed by atoms with E-state index in [-0.39, 0.29) is 0 Å². The Morgan fingerprint density at radius 3 is 2.70 bits per heavy atom. The van der Waals surface area contributed by atoms with Crippen molar-refractivity contribution in [3.05, 3.63) is 46.4 Å². The second kappa shape index (κ2) is 6.62. The Labute approximate surface area is 148 Å². The Hall–Kier alpha value is -2.02. The third kappa shape index (κ3) is 3.50. The third-order valence-electron chi connectivity index (χ3n) is 3.11. The average Bonchev–Trinajstić information content (AvgIpc) is 2.92. The number of para-hydroxylation sites is 2. The van der Waals surface area contributed by atoms with Gasteiger partial charge in [-0.1, -0.05) is 35.3 Å². The number of nitrogens with one attached hydrogen (secondary N) is 3. The van der Waals surface area contributed by atoms with Crippen LogP contribution in [0.2, 0.25) is 10.0 Å². The summed E-state index contributed by atoms with van der Waals surface area (Å²) in [5.41, 5.74) is 2.36. The Morgan fingerprint density at radius 1 is 1.17 bits per heavy atom. The number of thiocarbonyl (C=S) groups is 1. The van der Waals surface area contributed by atoms with Crippen molar-refractivity contribution in [1.82, 2.24) is 9.97 Å². The van der Waals surface area contributed by atoms with Gasteiger partial charge in [-0.3, -0.25) is 0 Å². The van der Waals surface area contributed by atoms with Gasteiger partial charge in [-0.25, -0.2) is 4.98 Å².